The first-order valence-corrected chi connectivity index (χ1v) is 10.1. The minimum atomic E-state index is -0.197. The second-order valence-electron chi connectivity index (χ2n) is 7.32. The second kappa shape index (κ2) is 9.96. The molecule has 3 rings (SSSR count). The Labute approximate surface area is 172 Å². The summed E-state index contributed by atoms with van der Waals surface area (Å²) in [6.07, 6.45) is 8.66. The van der Waals surface area contributed by atoms with E-state index in [0.717, 1.165) is 43.0 Å². The molecule has 2 heterocycles. The lowest BCUT2D eigenvalue weighted by molar-refractivity contribution is -0.111. The fraction of sp³-hybridized carbons (Fsp3) is 0.391. The summed E-state index contributed by atoms with van der Waals surface area (Å²) in [4.78, 5) is 19.2. The highest BCUT2D eigenvalue weighted by atomic mass is 16.5. The van der Waals surface area contributed by atoms with Crippen molar-refractivity contribution in [3.8, 4) is 11.5 Å². The van der Waals surface area contributed by atoms with Gasteiger partial charge >= 0.3 is 0 Å². The second-order valence-corrected chi connectivity index (χ2v) is 7.32. The van der Waals surface area contributed by atoms with Crippen LogP contribution in [0, 0.1) is 0 Å². The Hall–Kier alpha value is -3.02. The number of rotatable bonds is 7. The lowest BCUT2D eigenvalue weighted by Gasteiger charge is -2.29. The van der Waals surface area contributed by atoms with Crippen molar-refractivity contribution in [2.75, 3.05) is 30.4 Å². The first kappa shape index (κ1) is 20.7. The van der Waals surface area contributed by atoms with Crippen LogP contribution in [0.25, 0.3) is 6.08 Å². The average molecular weight is 396 g/mol. The van der Waals surface area contributed by atoms with Crippen LogP contribution in [-0.2, 0) is 4.79 Å². The molecule has 1 N–H and O–H groups in total. The number of hydrogen-bond donors (Lipinski definition) is 1. The number of piperidine rings is 1. The fourth-order valence-electron chi connectivity index (χ4n) is 3.34. The van der Waals surface area contributed by atoms with E-state index in [1.54, 1.807) is 19.4 Å². The molecule has 6 heteroatoms. The van der Waals surface area contributed by atoms with Crippen LogP contribution in [-0.4, -0.2) is 37.2 Å². The number of nitrogens with one attached hydrogen (secondary N) is 1. The maximum atomic E-state index is 12.5. The third kappa shape index (κ3) is 5.73. The van der Waals surface area contributed by atoms with Crippen LogP contribution in [0.4, 0.5) is 11.5 Å². The summed E-state index contributed by atoms with van der Waals surface area (Å²) in [5.41, 5.74) is 1.60. The van der Waals surface area contributed by atoms with Gasteiger partial charge in [-0.15, -0.1) is 0 Å². The molecule has 2 aromatic rings. The van der Waals surface area contributed by atoms with Crippen LogP contribution >= 0.6 is 0 Å². The Morgan fingerprint density at radius 1 is 1.17 bits per heavy atom. The zero-order chi connectivity index (χ0) is 20.6. The van der Waals surface area contributed by atoms with E-state index < -0.39 is 0 Å². The van der Waals surface area contributed by atoms with E-state index in [-0.39, 0.29) is 12.0 Å². The largest absolute Gasteiger partial charge is 0.493 e. The van der Waals surface area contributed by atoms with Gasteiger partial charge in [0.1, 0.15) is 0 Å². The number of carbonyl (C=O) groups excluding carboxylic acids is 1. The Morgan fingerprint density at radius 3 is 2.69 bits per heavy atom. The summed E-state index contributed by atoms with van der Waals surface area (Å²) in [6.45, 7) is 5.88. The molecule has 0 saturated carbocycles. The quantitative estimate of drug-likeness (QED) is 0.699. The molecule has 1 fully saturated rings. The molecule has 1 aliphatic heterocycles. The number of aromatic nitrogens is 1. The van der Waals surface area contributed by atoms with Crippen molar-refractivity contribution in [2.24, 2.45) is 0 Å². The number of methoxy groups -OCH3 is 1. The molecule has 1 amide bonds. The van der Waals surface area contributed by atoms with E-state index in [0.29, 0.717) is 11.5 Å². The Bertz CT molecular complexity index is 858. The van der Waals surface area contributed by atoms with Crippen LogP contribution in [0.2, 0.25) is 0 Å². The van der Waals surface area contributed by atoms with Gasteiger partial charge in [0, 0.05) is 25.4 Å². The van der Waals surface area contributed by atoms with E-state index in [9.17, 15) is 4.79 Å². The lowest BCUT2D eigenvalue weighted by Crippen LogP contribution is -2.31. The number of amides is 1. The first-order chi connectivity index (χ1) is 14.1. The smallest absolute Gasteiger partial charge is 0.248 e. The van der Waals surface area contributed by atoms with Gasteiger partial charge in [-0.3, -0.25) is 4.79 Å². The number of hydrogen-bond acceptors (Lipinski definition) is 5. The van der Waals surface area contributed by atoms with E-state index in [1.807, 2.05) is 44.2 Å². The molecule has 1 aromatic carbocycles. The van der Waals surface area contributed by atoms with Crippen LogP contribution in [0.5, 0.6) is 11.5 Å². The highest BCUT2D eigenvalue weighted by molar-refractivity contribution is 6.03. The SMILES string of the molecule is COc1cc(C=CC(=O)Nc2cccnc2N2CCCCC2)ccc1OC(C)C. The van der Waals surface area contributed by atoms with Crippen LogP contribution in [0.1, 0.15) is 38.7 Å². The van der Waals surface area contributed by atoms with Crippen LogP contribution in [0.3, 0.4) is 0 Å². The van der Waals surface area contributed by atoms with Crippen molar-refractivity contribution in [1.29, 1.82) is 0 Å². The molecule has 0 atom stereocenters. The van der Waals surface area contributed by atoms with Crippen molar-refractivity contribution in [3.05, 3.63) is 48.2 Å². The molecule has 0 radical (unpaired) electrons. The van der Waals surface area contributed by atoms with Gasteiger partial charge in [-0.1, -0.05) is 6.07 Å². The molecule has 154 valence electrons. The van der Waals surface area contributed by atoms with Crippen molar-refractivity contribution < 1.29 is 14.3 Å². The molecule has 0 bridgehead atoms. The predicted octanol–water partition coefficient (Wildman–Crippen LogP) is 4.52. The maximum Gasteiger partial charge on any atom is 0.248 e. The van der Waals surface area contributed by atoms with Crippen molar-refractivity contribution >= 4 is 23.5 Å². The first-order valence-electron chi connectivity index (χ1n) is 10.1. The van der Waals surface area contributed by atoms with E-state index in [4.69, 9.17) is 9.47 Å². The normalized spacial score (nSPS) is 14.3. The van der Waals surface area contributed by atoms with E-state index in [1.165, 1.54) is 12.5 Å². The summed E-state index contributed by atoms with van der Waals surface area (Å²) in [5.74, 6) is 1.97. The summed E-state index contributed by atoms with van der Waals surface area (Å²) in [7, 11) is 1.60. The Kier molecular flexibility index (Phi) is 7.11. The molecule has 1 saturated heterocycles. The van der Waals surface area contributed by atoms with Crippen LogP contribution in [0.15, 0.2) is 42.6 Å². The standard InChI is InChI=1S/C23H29N3O3/c1-17(2)29-20-11-9-18(16-21(20)28-3)10-12-22(27)25-19-8-7-13-24-23(19)26-14-5-4-6-15-26/h7-13,16-17H,4-6,14-15H2,1-3H3,(H,25,27). The molecule has 0 spiro atoms. The molecule has 1 aliphatic rings. The molecular weight excluding hydrogens is 366 g/mol. The Morgan fingerprint density at radius 2 is 1.97 bits per heavy atom. The molecule has 6 nitrogen and oxygen atoms in total. The molecule has 29 heavy (non-hydrogen) atoms. The van der Waals surface area contributed by atoms with E-state index >= 15 is 0 Å². The monoisotopic (exact) mass is 395 g/mol. The fourth-order valence-corrected chi connectivity index (χ4v) is 3.34. The summed E-state index contributed by atoms with van der Waals surface area (Å²) in [6, 6.07) is 9.33. The summed E-state index contributed by atoms with van der Waals surface area (Å²) >= 11 is 0. The molecular formula is C23H29N3O3. The van der Waals surface area contributed by atoms with Crippen LogP contribution < -0.4 is 19.7 Å². The number of ether oxygens (including phenoxy) is 2. The highest BCUT2D eigenvalue weighted by Gasteiger charge is 2.16. The van der Waals surface area contributed by atoms with Gasteiger partial charge < -0.3 is 19.7 Å². The molecule has 0 unspecified atom stereocenters. The van der Waals surface area contributed by atoms with Gasteiger partial charge in [-0.25, -0.2) is 4.98 Å². The highest BCUT2D eigenvalue weighted by Crippen LogP contribution is 2.29. The number of nitrogens with zero attached hydrogens (tertiary/aromatic N) is 2. The topological polar surface area (TPSA) is 63.7 Å². The third-order valence-electron chi connectivity index (χ3n) is 4.68. The van der Waals surface area contributed by atoms with Gasteiger partial charge in [-0.2, -0.15) is 0 Å². The zero-order valence-electron chi connectivity index (χ0n) is 17.4. The van der Waals surface area contributed by atoms with Crippen molar-refractivity contribution in [1.82, 2.24) is 4.98 Å². The van der Waals surface area contributed by atoms with Gasteiger partial charge in [0.2, 0.25) is 5.91 Å². The lowest BCUT2D eigenvalue weighted by atomic mass is 10.1. The van der Waals surface area contributed by atoms with Gasteiger partial charge in [-0.05, 0) is 69.0 Å². The minimum absolute atomic E-state index is 0.0599. The number of pyridine rings is 1. The maximum absolute atomic E-state index is 12.5. The summed E-state index contributed by atoms with van der Waals surface area (Å²) < 4.78 is 11.1. The molecule has 1 aromatic heterocycles. The zero-order valence-corrected chi connectivity index (χ0v) is 17.4. The van der Waals surface area contributed by atoms with E-state index in [2.05, 4.69) is 15.2 Å². The Balaban J connectivity index is 1.69. The number of carbonyl (C=O) groups is 1. The molecule has 0 aliphatic carbocycles. The van der Waals surface area contributed by atoms with Crippen molar-refractivity contribution in [3.63, 3.8) is 0 Å². The predicted molar refractivity (Wildman–Crippen MR) is 117 cm³/mol. The average Bonchev–Trinajstić information content (AvgIpc) is 2.73. The number of benzene rings is 1. The number of anilines is 2. The third-order valence-corrected chi connectivity index (χ3v) is 4.68. The van der Waals surface area contributed by atoms with Gasteiger partial charge in [0.25, 0.3) is 0 Å². The summed E-state index contributed by atoms with van der Waals surface area (Å²) in [5, 5.41) is 2.96. The van der Waals surface area contributed by atoms with Gasteiger partial charge in [0.05, 0.1) is 18.9 Å². The minimum Gasteiger partial charge on any atom is -0.493 e. The van der Waals surface area contributed by atoms with Gasteiger partial charge in [0.15, 0.2) is 17.3 Å². The van der Waals surface area contributed by atoms with Crippen molar-refractivity contribution in [2.45, 2.75) is 39.2 Å².